The van der Waals surface area contributed by atoms with Gasteiger partial charge in [-0.05, 0) is 50.1 Å². The van der Waals surface area contributed by atoms with Gasteiger partial charge in [0.15, 0.2) is 5.13 Å². The maximum Gasteiger partial charge on any atom is 0.407 e. The van der Waals surface area contributed by atoms with Crippen molar-refractivity contribution >= 4 is 75.7 Å². The van der Waals surface area contributed by atoms with E-state index in [1.54, 1.807) is 20.8 Å². The fourth-order valence-corrected chi connectivity index (χ4v) is 6.84. The number of carboxylic acids is 2. The number of nitrogens with zero attached hydrogens (tertiary/aromatic N) is 8. The van der Waals surface area contributed by atoms with E-state index in [2.05, 4.69) is 40.7 Å². The molecule has 1 saturated heterocycles. The number of aromatic nitrogens is 6. The number of nitrogen functional groups attached to an aromatic ring is 1. The number of oxime groups is 1. The highest BCUT2D eigenvalue weighted by Gasteiger charge is 2.54. The highest BCUT2D eigenvalue weighted by molar-refractivity contribution is 8.01. The van der Waals surface area contributed by atoms with Crippen molar-refractivity contribution in [2.45, 2.75) is 68.9 Å². The summed E-state index contributed by atoms with van der Waals surface area (Å²) in [6.07, 6.45) is -1.45. The van der Waals surface area contributed by atoms with Crippen LogP contribution in [0.15, 0.2) is 21.6 Å². The summed E-state index contributed by atoms with van der Waals surface area (Å²) in [6, 6.07) is -1.13. The number of hydrogen-bond donors (Lipinski definition) is 5. The first-order valence-electron chi connectivity index (χ1n) is 13.8. The van der Waals surface area contributed by atoms with Crippen molar-refractivity contribution in [3.63, 3.8) is 0 Å². The number of amides is 3. The van der Waals surface area contributed by atoms with Crippen molar-refractivity contribution in [1.82, 2.24) is 45.1 Å². The third kappa shape index (κ3) is 8.85. The molecule has 0 aliphatic carbocycles. The molecule has 1 fully saturated rings. The fourth-order valence-electron chi connectivity index (χ4n) is 4.02. The molecule has 2 aromatic heterocycles. The molecule has 0 aromatic carbocycles. The number of carbonyl (C=O) groups excluding carboxylic acids is 3. The third-order valence-corrected chi connectivity index (χ3v) is 9.07. The van der Waals surface area contributed by atoms with Crippen molar-refractivity contribution in [3.05, 3.63) is 17.1 Å². The molecule has 3 atom stereocenters. The quantitative estimate of drug-likeness (QED) is 0.0554. The van der Waals surface area contributed by atoms with Crippen molar-refractivity contribution in [3.8, 4) is 0 Å². The van der Waals surface area contributed by atoms with Gasteiger partial charge in [0.25, 0.3) is 11.8 Å². The van der Waals surface area contributed by atoms with Gasteiger partial charge in [-0.3, -0.25) is 14.5 Å². The molecule has 0 spiro atoms. The van der Waals surface area contributed by atoms with E-state index in [0.717, 1.165) is 16.4 Å². The molecular formula is C24H31N11O9S3. The van der Waals surface area contributed by atoms with Gasteiger partial charge in [0.1, 0.15) is 22.7 Å². The molecule has 2 aromatic rings. The van der Waals surface area contributed by atoms with Gasteiger partial charge in [-0.2, -0.15) is 9.36 Å². The number of ether oxygens (including phenoxy) is 1. The zero-order valence-electron chi connectivity index (χ0n) is 25.4. The summed E-state index contributed by atoms with van der Waals surface area (Å²) in [4.78, 5) is 71.5. The highest BCUT2D eigenvalue weighted by atomic mass is 32.2. The van der Waals surface area contributed by atoms with Gasteiger partial charge < -0.3 is 36.2 Å². The number of anilines is 1. The zero-order valence-corrected chi connectivity index (χ0v) is 27.8. The maximum absolute atomic E-state index is 13.2. The van der Waals surface area contributed by atoms with Gasteiger partial charge >= 0.3 is 18.0 Å². The molecule has 2 unspecified atom stereocenters. The summed E-state index contributed by atoms with van der Waals surface area (Å²) >= 11 is 3.19. The molecule has 4 heterocycles. The van der Waals surface area contributed by atoms with Crippen LogP contribution in [0.4, 0.5) is 9.93 Å². The van der Waals surface area contributed by atoms with Crippen LogP contribution in [-0.4, -0.2) is 121 Å². The van der Waals surface area contributed by atoms with E-state index in [1.807, 2.05) is 0 Å². The second kappa shape index (κ2) is 14.9. The first kappa shape index (κ1) is 35.3. The molecule has 20 nitrogen and oxygen atoms in total. The predicted molar refractivity (Wildman–Crippen MR) is 166 cm³/mol. The molecule has 6 N–H and O–H groups in total. The van der Waals surface area contributed by atoms with Crippen molar-refractivity contribution in [2.24, 2.45) is 5.16 Å². The summed E-state index contributed by atoms with van der Waals surface area (Å²) in [7, 11) is 0. The summed E-state index contributed by atoms with van der Waals surface area (Å²) in [6.45, 7) is 7.16. The van der Waals surface area contributed by atoms with Gasteiger partial charge in [0.2, 0.25) is 22.8 Å². The Bertz CT molecular complexity index is 1600. The van der Waals surface area contributed by atoms with Crippen LogP contribution in [0.1, 0.15) is 39.9 Å². The average Bonchev–Trinajstić information content (AvgIpc) is 3.63. The smallest absolute Gasteiger partial charge is 0.407 e. The Morgan fingerprint density at radius 2 is 2.00 bits per heavy atom. The van der Waals surface area contributed by atoms with E-state index < -0.39 is 58.7 Å². The van der Waals surface area contributed by atoms with E-state index in [4.69, 9.17) is 20.4 Å². The molecule has 47 heavy (non-hydrogen) atoms. The first-order valence-corrected chi connectivity index (χ1v) is 16.6. The van der Waals surface area contributed by atoms with Crippen LogP contribution in [0.5, 0.6) is 0 Å². The van der Waals surface area contributed by atoms with E-state index >= 15 is 0 Å². The van der Waals surface area contributed by atoms with Crippen LogP contribution in [0, 0.1) is 0 Å². The second-order valence-electron chi connectivity index (χ2n) is 10.9. The molecule has 3 amide bonds. The Morgan fingerprint density at radius 3 is 2.64 bits per heavy atom. The number of nitrogens with two attached hydrogens (primary N) is 1. The minimum absolute atomic E-state index is 0.00591. The number of aliphatic carboxylic acids is 2. The molecule has 2 aliphatic rings. The van der Waals surface area contributed by atoms with E-state index in [1.165, 1.54) is 35.1 Å². The van der Waals surface area contributed by atoms with Gasteiger partial charge in [-0.25, -0.2) is 19.1 Å². The van der Waals surface area contributed by atoms with Gasteiger partial charge in [-0.1, -0.05) is 16.9 Å². The third-order valence-electron chi connectivity index (χ3n) is 6.14. The Morgan fingerprint density at radius 1 is 1.26 bits per heavy atom. The molecular weight excluding hydrogens is 683 g/mol. The number of tetrazole rings is 1. The minimum atomic E-state index is -1.41. The second-order valence-corrected chi connectivity index (χ2v) is 13.7. The molecule has 254 valence electrons. The number of fused-ring (bicyclic) bond motifs is 1. The van der Waals surface area contributed by atoms with Crippen molar-refractivity contribution in [1.29, 1.82) is 0 Å². The maximum atomic E-state index is 13.2. The van der Waals surface area contributed by atoms with Crippen LogP contribution in [0.3, 0.4) is 0 Å². The van der Waals surface area contributed by atoms with Crippen molar-refractivity contribution in [2.75, 3.05) is 23.8 Å². The predicted octanol–water partition coefficient (Wildman–Crippen LogP) is -0.254. The summed E-state index contributed by atoms with van der Waals surface area (Å²) in [5.74, 6) is -4.15. The van der Waals surface area contributed by atoms with Crippen LogP contribution in [0.25, 0.3) is 0 Å². The lowest BCUT2D eigenvalue weighted by Gasteiger charge is -2.49. The number of aryl methyl sites for hydroxylation is 1. The number of β-lactam (4-membered cyclic amide) rings is 1. The van der Waals surface area contributed by atoms with E-state index in [9.17, 15) is 29.1 Å². The zero-order chi connectivity index (χ0) is 34.5. The lowest BCUT2D eigenvalue weighted by molar-refractivity contribution is -0.150. The molecule has 0 bridgehead atoms. The SMILES string of the molecule is CC(ON=C(C(=O)NC1C(=O)N2C(C(=O)O)=C(CSc3nnnn3CCCNC(=O)OC(C)(C)C)CS[C@H]12)c1nsc(N)n1)C(=O)O. The monoisotopic (exact) mass is 713 g/mol. The number of rotatable bonds is 14. The largest absolute Gasteiger partial charge is 0.478 e. The lowest BCUT2D eigenvalue weighted by atomic mass is 10.0. The Balaban J connectivity index is 1.39. The van der Waals surface area contributed by atoms with Crippen LogP contribution >= 0.6 is 35.1 Å². The normalized spacial score (nSPS) is 18.6. The average molecular weight is 714 g/mol. The number of nitrogens with one attached hydrogen (secondary N) is 2. The number of alkyl carbamates (subject to hydrolysis) is 1. The van der Waals surface area contributed by atoms with Gasteiger partial charge in [0, 0.05) is 36.1 Å². The Kier molecular flexibility index (Phi) is 11.2. The Hall–Kier alpha value is -4.51. The van der Waals surface area contributed by atoms with Gasteiger partial charge in [-0.15, -0.1) is 16.9 Å². The van der Waals surface area contributed by atoms with Crippen LogP contribution in [-0.2, 0) is 35.3 Å². The Labute approximate surface area is 279 Å². The first-order chi connectivity index (χ1) is 22.2. The minimum Gasteiger partial charge on any atom is -0.478 e. The standard InChI is InChI=1S/C24H31N11O9S3/c1-10(19(38)39)44-30-12(15-28-21(25)47-31-15)16(36)27-13-17(37)35-14(20(40)41)11(8-45-18(13)35)9-46-22-29-32-33-34(22)7-5-6-26-23(42)43-24(2,3)4/h10,13,18H,5-9H2,1-4H3,(H,26,42)(H,27,36)(H,38,39)(H,40,41)(H2,25,28,31)/t10?,13?,18-/m1/s1. The van der Waals surface area contributed by atoms with E-state index in [-0.39, 0.29) is 28.2 Å². The molecule has 0 saturated carbocycles. The van der Waals surface area contributed by atoms with Crippen molar-refractivity contribution < 1.29 is 43.8 Å². The molecule has 23 heteroatoms. The van der Waals surface area contributed by atoms with Crippen LogP contribution < -0.4 is 16.4 Å². The van der Waals surface area contributed by atoms with E-state index in [0.29, 0.717) is 30.2 Å². The fraction of sp³-hybridized carbons (Fsp3) is 0.542. The molecule has 4 rings (SSSR count). The number of hydrogen-bond acceptors (Lipinski definition) is 17. The van der Waals surface area contributed by atoms with Gasteiger partial charge in [0.05, 0.1) is 0 Å². The topological polar surface area (TPSA) is 279 Å². The number of carboxylic acid groups (broad SMARTS) is 2. The molecule has 2 aliphatic heterocycles. The summed E-state index contributed by atoms with van der Waals surface area (Å²) in [5.41, 5.74) is 4.72. The number of carbonyl (C=O) groups is 5. The molecule has 0 radical (unpaired) electrons. The lowest BCUT2D eigenvalue weighted by Crippen LogP contribution is -2.71. The summed E-state index contributed by atoms with van der Waals surface area (Å²) < 4.78 is 10.6. The van der Waals surface area contributed by atoms with Crippen LogP contribution in [0.2, 0.25) is 0 Å². The highest BCUT2D eigenvalue weighted by Crippen LogP contribution is 2.41. The summed E-state index contributed by atoms with van der Waals surface area (Å²) in [5, 5.41) is 39.1. The number of thioether (sulfide) groups is 2.